The van der Waals surface area contributed by atoms with Gasteiger partial charge in [-0.25, -0.2) is 9.37 Å². The summed E-state index contributed by atoms with van der Waals surface area (Å²) < 4.78 is 18.5. The van der Waals surface area contributed by atoms with Gasteiger partial charge in [-0.05, 0) is 26.0 Å². The molecule has 2 rings (SSSR count). The van der Waals surface area contributed by atoms with E-state index in [0.29, 0.717) is 17.6 Å². The summed E-state index contributed by atoms with van der Waals surface area (Å²) in [5.74, 6) is 0.966. The van der Waals surface area contributed by atoms with Crippen molar-refractivity contribution in [1.82, 2.24) is 9.97 Å². The van der Waals surface area contributed by atoms with E-state index >= 15 is 0 Å². The van der Waals surface area contributed by atoms with Crippen LogP contribution < -0.4 is 10.1 Å². The minimum Gasteiger partial charge on any atom is -0.439 e. The third kappa shape index (κ3) is 3.16. The van der Waals surface area contributed by atoms with Gasteiger partial charge in [0.05, 0.1) is 0 Å². The lowest BCUT2D eigenvalue weighted by Gasteiger charge is -2.08. The van der Waals surface area contributed by atoms with Crippen molar-refractivity contribution < 1.29 is 9.13 Å². The lowest BCUT2D eigenvalue weighted by Crippen LogP contribution is -2.03. The van der Waals surface area contributed by atoms with Gasteiger partial charge in [-0.15, -0.1) is 0 Å². The molecule has 94 valence electrons. The van der Waals surface area contributed by atoms with Crippen LogP contribution in [0.25, 0.3) is 0 Å². The molecule has 0 saturated heterocycles. The maximum absolute atomic E-state index is 13.0. The molecule has 5 heteroatoms. The van der Waals surface area contributed by atoms with Gasteiger partial charge in [0.2, 0.25) is 11.8 Å². The van der Waals surface area contributed by atoms with Gasteiger partial charge in [0, 0.05) is 24.4 Å². The number of anilines is 1. The normalized spacial score (nSPS) is 10.2. The highest BCUT2D eigenvalue weighted by atomic mass is 19.1. The van der Waals surface area contributed by atoms with Gasteiger partial charge in [0.15, 0.2) is 0 Å². The van der Waals surface area contributed by atoms with Crippen LogP contribution in [0.2, 0.25) is 0 Å². The van der Waals surface area contributed by atoms with Crippen LogP contribution in [-0.4, -0.2) is 16.5 Å². The first-order valence-electron chi connectivity index (χ1n) is 5.70. The summed E-state index contributed by atoms with van der Waals surface area (Å²) >= 11 is 0. The Bertz CT molecular complexity index is 546. The van der Waals surface area contributed by atoms with Gasteiger partial charge in [0.1, 0.15) is 11.6 Å². The predicted octanol–water partition coefficient (Wildman–Crippen LogP) is 3.15. The number of aromatic nitrogens is 2. The van der Waals surface area contributed by atoms with E-state index in [9.17, 15) is 4.39 Å². The molecule has 0 atom stereocenters. The third-order valence-electron chi connectivity index (χ3n) is 2.18. The number of rotatable bonds is 4. The first-order chi connectivity index (χ1) is 8.67. The van der Waals surface area contributed by atoms with Crippen LogP contribution in [0, 0.1) is 12.7 Å². The zero-order valence-electron chi connectivity index (χ0n) is 10.3. The van der Waals surface area contributed by atoms with Crippen molar-refractivity contribution in [2.75, 3.05) is 11.9 Å². The average Bonchev–Trinajstić information content (AvgIpc) is 2.28. The highest BCUT2D eigenvalue weighted by molar-refractivity contribution is 5.33. The molecule has 0 aliphatic heterocycles. The summed E-state index contributed by atoms with van der Waals surface area (Å²) in [7, 11) is 0. The van der Waals surface area contributed by atoms with Crippen molar-refractivity contribution in [2.24, 2.45) is 0 Å². The Morgan fingerprint density at radius 1 is 1.28 bits per heavy atom. The van der Waals surface area contributed by atoms with E-state index < -0.39 is 0 Å². The number of nitrogens with zero attached hydrogens (tertiary/aromatic N) is 2. The maximum Gasteiger partial charge on any atom is 0.226 e. The minimum absolute atomic E-state index is 0.342. The SMILES string of the molecule is CCNc1nc(C)cc(Oc2cccc(F)c2)n1. The molecule has 1 heterocycles. The summed E-state index contributed by atoms with van der Waals surface area (Å²) in [6.45, 7) is 4.53. The molecule has 0 saturated carbocycles. The fourth-order valence-electron chi connectivity index (χ4n) is 1.48. The number of halogens is 1. The first kappa shape index (κ1) is 12.3. The highest BCUT2D eigenvalue weighted by Crippen LogP contribution is 2.21. The Labute approximate surface area is 105 Å². The van der Waals surface area contributed by atoms with E-state index in [2.05, 4.69) is 15.3 Å². The van der Waals surface area contributed by atoms with E-state index in [0.717, 1.165) is 12.2 Å². The largest absolute Gasteiger partial charge is 0.439 e. The monoisotopic (exact) mass is 247 g/mol. The van der Waals surface area contributed by atoms with Crippen LogP contribution in [0.4, 0.5) is 10.3 Å². The fraction of sp³-hybridized carbons (Fsp3) is 0.231. The molecular formula is C13H14FN3O. The minimum atomic E-state index is -0.342. The number of hydrogen-bond acceptors (Lipinski definition) is 4. The van der Waals surface area contributed by atoms with Crippen LogP contribution >= 0.6 is 0 Å². The van der Waals surface area contributed by atoms with Crippen molar-refractivity contribution in [3.05, 3.63) is 41.8 Å². The number of nitrogens with one attached hydrogen (secondary N) is 1. The van der Waals surface area contributed by atoms with E-state index in [1.807, 2.05) is 13.8 Å². The lowest BCUT2D eigenvalue weighted by molar-refractivity contribution is 0.457. The zero-order valence-corrected chi connectivity index (χ0v) is 10.3. The molecule has 0 bridgehead atoms. The first-order valence-corrected chi connectivity index (χ1v) is 5.70. The Balaban J connectivity index is 2.23. The molecule has 1 N–H and O–H groups in total. The van der Waals surface area contributed by atoms with Crippen LogP contribution in [0.5, 0.6) is 11.6 Å². The van der Waals surface area contributed by atoms with Gasteiger partial charge in [-0.2, -0.15) is 4.98 Å². The van der Waals surface area contributed by atoms with E-state index in [1.165, 1.54) is 12.1 Å². The third-order valence-corrected chi connectivity index (χ3v) is 2.18. The molecule has 0 unspecified atom stereocenters. The Kier molecular flexibility index (Phi) is 3.72. The van der Waals surface area contributed by atoms with Crippen LogP contribution in [0.15, 0.2) is 30.3 Å². The number of aryl methyl sites for hydroxylation is 1. The smallest absolute Gasteiger partial charge is 0.226 e. The van der Waals surface area contributed by atoms with Gasteiger partial charge in [0.25, 0.3) is 0 Å². The second-order valence-electron chi connectivity index (χ2n) is 3.76. The van der Waals surface area contributed by atoms with E-state index in [1.54, 1.807) is 18.2 Å². The summed E-state index contributed by atoms with van der Waals surface area (Å²) in [6, 6.07) is 7.63. The lowest BCUT2D eigenvalue weighted by atomic mass is 10.3. The average molecular weight is 247 g/mol. The molecule has 0 aliphatic rings. The summed E-state index contributed by atoms with van der Waals surface area (Å²) in [5, 5.41) is 3.01. The van der Waals surface area contributed by atoms with E-state index in [4.69, 9.17) is 4.74 Å². The number of hydrogen-bond donors (Lipinski definition) is 1. The van der Waals surface area contributed by atoms with Crippen LogP contribution in [0.3, 0.4) is 0 Å². The molecule has 0 aliphatic carbocycles. The molecule has 0 spiro atoms. The predicted molar refractivity (Wildman–Crippen MR) is 67.4 cm³/mol. The van der Waals surface area contributed by atoms with Gasteiger partial charge in [-0.3, -0.25) is 0 Å². The summed E-state index contributed by atoms with van der Waals surface area (Å²) in [6.07, 6.45) is 0. The maximum atomic E-state index is 13.0. The van der Waals surface area contributed by atoms with Crippen molar-refractivity contribution in [3.63, 3.8) is 0 Å². The molecule has 4 nitrogen and oxygen atoms in total. The number of benzene rings is 1. The number of ether oxygens (including phenoxy) is 1. The second kappa shape index (κ2) is 5.44. The quantitative estimate of drug-likeness (QED) is 0.901. The Morgan fingerprint density at radius 3 is 2.83 bits per heavy atom. The standard InChI is InChI=1S/C13H14FN3O/c1-3-15-13-16-9(2)7-12(17-13)18-11-6-4-5-10(14)8-11/h4-8H,3H2,1-2H3,(H,15,16,17). The van der Waals surface area contributed by atoms with Crippen LogP contribution in [0.1, 0.15) is 12.6 Å². The molecule has 0 radical (unpaired) electrons. The van der Waals surface area contributed by atoms with Crippen LogP contribution in [-0.2, 0) is 0 Å². The Morgan fingerprint density at radius 2 is 2.11 bits per heavy atom. The molecule has 18 heavy (non-hydrogen) atoms. The van der Waals surface area contributed by atoms with Crippen molar-refractivity contribution in [1.29, 1.82) is 0 Å². The molecule has 0 fully saturated rings. The van der Waals surface area contributed by atoms with Crippen molar-refractivity contribution >= 4 is 5.95 Å². The summed E-state index contributed by atoms with van der Waals surface area (Å²) in [4.78, 5) is 8.39. The zero-order chi connectivity index (χ0) is 13.0. The Hall–Kier alpha value is -2.17. The summed E-state index contributed by atoms with van der Waals surface area (Å²) in [5.41, 5.74) is 0.785. The fourth-order valence-corrected chi connectivity index (χ4v) is 1.48. The molecule has 1 aromatic heterocycles. The second-order valence-corrected chi connectivity index (χ2v) is 3.76. The van der Waals surface area contributed by atoms with Gasteiger partial charge in [-0.1, -0.05) is 6.07 Å². The van der Waals surface area contributed by atoms with E-state index in [-0.39, 0.29) is 5.82 Å². The molecule has 2 aromatic rings. The van der Waals surface area contributed by atoms with Crippen molar-refractivity contribution in [3.8, 4) is 11.6 Å². The molecular weight excluding hydrogens is 233 g/mol. The van der Waals surface area contributed by atoms with Crippen molar-refractivity contribution in [2.45, 2.75) is 13.8 Å². The highest BCUT2D eigenvalue weighted by Gasteiger charge is 2.04. The molecule has 0 amide bonds. The van der Waals surface area contributed by atoms with Gasteiger partial charge < -0.3 is 10.1 Å². The van der Waals surface area contributed by atoms with Gasteiger partial charge >= 0.3 is 0 Å². The molecule has 1 aromatic carbocycles. The topological polar surface area (TPSA) is 47.0 Å².